The van der Waals surface area contributed by atoms with E-state index in [9.17, 15) is 4.79 Å². The van der Waals surface area contributed by atoms with E-state index in [1.165, 1.54) is 0 Å². The zero-order chi connectivity index (χ0) is 16.0. The standard InChI is InChI=1S/C14H23N3O4/c1-9-10(2)21-11(3)13(9)14(18)17(7-8-20-4)6-5-12(15)16-19/h19H,5-8H2,1-4H3,(H2,15,16). The van der Waals surface area contributed by atoms with Crippen molar-refractivity contribution in [3.8, 4) is 0 Å². The van der Waals surface area contributed by atoms with Gasteiger partial charge in [-0.3, -0.25) is 4.79 Å². The number of nitrogens with zero attached hydrogens (tertiary/aromatic N) is 2. The van der Waals surface area contributed by atoms with Crippen molar-refractivity contribution in [2.45, 2.75) is 27.2 Å². The van der Waals surface area contributed by atoms with Crippen LogP contribution in [0.15, 0.2) is 9.57 Å². The zero-order valence-electron chi connectivity index (χ0n) is 13.0. The number of oxime groups is 1. The molecule has 1 amide bonds. The van der Waals surface area contributed by atoms with E-state index >= 15 is 0 Å². The lowest BCUT2D eigenvalue weighted by molar-refractivity contribution is 0.0698. The van der Waals surface area contributed by atoms with Gasteiger partial charge in [0, 0.05) is 32.2 Å². The summed E-state index contributed by atoms with van der Waals surface area (Å²) in [4.78, 5) is 14.3. The fourth-order valence-electron chi connectivity index (χ4n) is 2.08. The molecule has 3 N–H and O–H groups in total. The number of hydrogen-bond acceptors (Lipinski definition) is 5. The first-order valence-corrected chi connectivity index (χ1v) is 6.73. The molecular weight excluding hydrogens is 274 g/mol. The normalized spacial score (nSPS) is 11.7. The Balaban J connectivity index is 2.93. The molecule has 7 nitrogen and oxygen atoms in total. The van der Waals surface area contributed by atoms with Gasteiger partial charge in [0.2, 0.25) is 0 Å². The molecule has 0 aliphatic rings. The van der Waals surface area contributed by atoms with Crippen molar-refractivity contribution in [3.63, 3.8) is 0 Å². The van der Waals surface area contributed by atoms with Crippen LogP contribution in [-0.2, 0) is 4.74 Å². The summed E-state index contributed by atoms with van der Waals surface area (Å²) >= 11 is 0. The van der Waals surface area contributed by atoms with Crippen LogP contribution in [0, 0.1) is 20.8 Å². The van der Waals surface area contributed by atoms with E-state index in [2.05, 4.69) is 5.16 Å². The number of amidine groups is 1. The molecule has 0 spiro atoms. The minimum atomic E-state index is -0.135. The lowest BCUT2D eigenvalue weighted by Crippen LogP contribution is -2.37. The first kappa shape index (κ1) is 17.0. The van der Waals surface area contributed by atoms with Crippen molar-refractivity contribution >= 4 is 11.7 Å². The van der Waals surface area contributed by atoms with Crippen molar-refractivity contribution in [1.82, 2.24) is 4.90 Å². The Morgan fingerprint density at radius 3 is 2.48 bits per heavy atom. The van der Waals surface area contributed by atoms with Crippen LogP contribution in [0.1, 0.15) is 33.9 Å². The number of ether oxygens (including phenoxy) is 1. The summed E-state index contributed by atoms with van der Waals surface area (Å²) in [6.07, 6.45) is 0.293. The predicted molar refractivity (Wildman–Crippen MR) is 78.7 cm³/mol. The maximum atomic E-state index is 12.7. The number of hydrogen-bond donors (Lipinski definition) is 2. The molecule has 1 rings (SSSR count). The van der Waals surface area contributed by atoms with E-state index in [1.54, 1.807) is 18.9 Å². The molecule has 1 aromatic rings. The quantitative estimate of drug-likeness (QED) is 0.343. The van der Waals surface area contributed by atoms with Crippen LogP contribution < -0.4 is 5.73 Å². The van der Waals surface area contributed by atoms with Crippen LogP contribution in [0.3, 0.4) is 0 Å². The van der Waals surface area contributed by atoms with E-state index < -0.39 is 0 Å². The molecule has 118 valence electrons. The van der Waals surface area contributed by atoms with Gasteiger partial charge in [-0.15, -0.1) is 0 Å². The number of nitrogens with two attached hydrogens (primary N) is 1. The van der Waals surface area contributed by atoms with Gasteiger partial charge >= 0.3 is 0 Å². The monoisotopic (exact) mass is 297 g/mol. The Kier molecular flexibility index (Phi) is 6.23. The Bertz CT molecular complexity index is 523. The molecule has 0 atom stereocenters. The number of aryl methyl sites for hydroxylation is 2. The summed E-state index contributed by atoms with van der Waals surface area (Å²) in [5.41, 5.74) is 6.87. The van der Waals surface area contributed by atoms with E-state index in [4.69, 9.17) is 20.1 Å². The van der Waals surface area contributed by atoms with Crippen molar-refractivity contribution < 1.29 is 19.2 Å². The van der Waals surface area contributed by atoms with E-state index in [0.717, 1.165) is 11.3 Å². The fourth-order valence-corrected chi connectivity index (χ4v) is 2.08. The van der Waals surface area contributed by atoms with Crippen LogP contribution in [-0.4, -0.2) is 48.7 Å². The fraction of sp³-hybridized carbons (Fsp3) is 0.571. The van der Waals surface area contributed by atoms with Crippen LogP contribution in [0.2, 0.25) is 0 Å². The number of furan rings is 1. The minimum Gasteiger partial charge on any atom is -0.466 e. The molecule has 1 heterocycles. The molecule has 0 aromatic carbocycles. The van der Waals surface area contributed by atoms with Gasteiger partial charge in [0.05, 0.1) is 12.2 Å². The van der Waals surface area contributed by atoms with Crippen molar-refractivity contribution in [2.75, 3.05) is 26.8 Å². The zero-order valence-corrected chi connectivity index (χ0v) is 13.0. The van der Waals surface area contributed by atoms with Gasteiger partial charge in [-0.05, 0) is 20.8 Å². The molecule has 0 radical (unpaired) electrons. The van der Waals surface area contributed by atoms with Gasteiger partial charge in [0.15, 0.2) is 0 Å². The molecule has 0 aliphatic heterocycles. The van der Waals surface area contributed by atoms with Crippen molar-refractivity contribution in [2.24, 2.45) is 10.9 Å². The first-order valence-electron chi connectivity index (χ1n) is 6.73. The van der Waals surface area contributed by atoms with Crippen molar-refractivity contribution in [1.29, 1.82) is 0 Å². The third-order valence-electron chi connectivity index (χ3n) is 3.39. The molecular formula is C14H23N3O4. The van der Waals surface area contributed by atoms with Gasteiger partial charge < -0.3 is 25.0 Å². The highest BCUT2D eigenvalue weighted by molar-refractivity contribution is 5.97. The molecule has 0 unspecified atom stereocenters. The lowest BCUT2D eigenvalue weighted by atomic mass is 10.1. The molecule has 0 saturated heterocycles. The maximum Gasteiger partial charge on any atom is 0.257 e. The van der Waals surface area contributed by atoms with Gasteiger partial charge in [-0.1, -0.05) is 5.16 Å². The van der Waals surface area contributed by atoms with E-state index in [1.807, 2.05) is 13.8 Å². The third kappa shape index (κ3) is 4.22. The smallest absolute Gasteiger partial charge is 0.257 e. The molecule has 0 saturated carbocycles. The van der Waals surface area contributed by atoms with Crippen LogP contribution in [0.4, 0.5) is 0 Å². The number of carbonyl (C=O) groups is 1. The second-order valence-corrected chi connectivity index (χ2v) is 4.84. The largest absolute Gasteiger partial charge is 0.466 e. The Morgan fingerprint density at radius 2 is 2.00 bits per heavy atom. The average molecular weight is 297 g/mol. The van der Waals surface area contributed by atoms with E-state index in [-0.39, 0.29) is 11.7 Å². The minimum absolute atomic E-state index is 0.0852. The number of carbonyl (C=O) groups excluding carboxylic acids is 1. The highest BCUT2D eigenvalue weighted by Crippen LogP contribution is 2.22. The van der Waals surface area contributed by atoms with Gasteiger partial charge in [0.1, 0.15) is 17.4 Å². The molecule has 0 aliphatic carbocycles. The maximum absolute atomic E-state index is 12.7. The van der Waals surface area contributed by atoms with Gasteiger partial charge in [-0.2, -0.15) is 0 Å². The Morgan fingerprint density at radius 1 is 1.33 bits per heavy atom. The molecule has 7 heteroatoms. The Labute approximate surface area is 124 Å². The summed E-state index contributed by atoms with van der Waals surface area (Å²) < 4.78 is 10.5. The van der Waals surface area contributed by atoms with Crippen LogP contribution in [0.5, 0.6) is 0 Å². The molecule has 1 aromatic heterocycles. The average Bonchev–Trinajstić information content (AvgIpc) is 2.71. The Hall–Kier alpha value is -2.02. The molecule has 21 heavy (non-hydrogen) atoms. The SMILES string of the molecule is COCCN(CCC(N)=NO)C(=O)c1c(C)oc(C)c1C. The van der Waals surface area contributed by atoms with E-state index in [0.29, 0.717) is 37.4 Å². The summed E-state index contributed by atoms with van der Waals surface area (Å²) in [7, 11) is 1.57. The van der Waals surface area contributed by atoms with Crippen LogP contribution in [0.25, 0.3) is 0 Å². The van der Waals surface area contributed by atoms with Gasteiger partial charge in [0.25, 0.3) is 5.91 Å². The summed E-state index contributed by atoms with van der Waals surface area (Å²) in [6.45, 7) is 6.65. The highest BCUT2D eigenvalue weighted by atomic mass is 16.5. The summed E-state index contributed by atoms with van der Waals surface area (Å²) in [5, 5.41) is 11.5. The second kappa shape index (κ2) is 7.68. The number of amides is 1. The second-order valence-electron chi connectivity index (χ2n) is 4.84. The van der Waals surface area contributed by atoms with Crippen molar-refractivity contribution in [3.05, 3.63) is 22.6 Å². The van der Waals surface area contributed by atoms with Gasteiger partial charge in [-0.25, -0.2) is 0 Å². The highest BCUT2D eigenvalue weighted by Gasteiger charge is 2.23. The number of rotatable bonds is 7. The lowest BCUT2D eigenvalue weighted by Gasteiger charge is -2.22. The van der Waals surface area contributed by atoms with Crippen LogP contribution >= 0.6 is 0 Å². The number of methoxy groups -OCH3 is 1. The molecule has 0 fully saturated rings. The third-order valence-corrected chi connectivity index (χ3v) is 3.39. The summed E-state index contributed by atoms with van der Waals surface area (Å²) in [5.74, 6) is 1.28. The topological polar surface area (TPSA) is 101 Å². The first-order chi connectivity index (χ1) is 9.92. The predicted octanol–water partition coefficient (Wildman–Crippen LogP) is 1.43. The molecule has 0 bridgehead atoms. The summed E-state index contributed by atoms with van der Waals surface area (Å²) in [6, 6.07) is 0.